The Morgan fingerprint density at radius 2 is 2.21 bits per heavy atom. The third-order valence-corrected chi connectivity index (χ3v) is 2.18. The van der Waals surface area contributed by atoms with Crippen LogP contribution < -0.4 is 5.32 Å². The summed E-state index contributed by atoms with van der Waals surface area (Å²) in [5, 5.41) is 2.30. The maximum atomic E-state index is 11.7. The second-order valence-electron chi connectivity index (χ2n) is 3.59. The minimum atomic E-state index is -4.17. The summed E-state index contributed by atoms with van der Waals surface area (Å²) >= 11 is 0. The summed E-state index contributed by atoms with van der Waals surface area (Å²) in [6.07, 6.45) is -3.82. The number of likely N-dealkylation sites (tertiary alicyclic amines) is 1. The smallest absolute Gasteiger partial charge is 0.345 e. The monoisotopic (exact) mass is 210 g/mol. The second kappa shape index (κ2) is 4.16. The van der Waals surface area contributed by atoms with E-state index < -0.39 is 12.7 Å². The van der Waals surface area contributed by atoms with E-state index in [1.807, 2.05) is 0 Å². The van der Waals surface area contributed by atoms with Gasteiger partial charge in [0, 0.05) is 26.6 Å². The minimum absolute atomic E-state index is 0.00353. The van der Waals surface area contributed by atoms with Gasteiger partial charge in [0.1, 0.15) is 0 Å². The van der Waals surface area contributed by atoms with E-state index in [4.69, 9.17) is 0 Å². The van der Waals surface area contributed by atoms with Gasteiger partial charge in [0.15, 0.2) is 0 Å². The van der Waals surface area contributed by atoms with Gasteiger partial charge in [0.05, 0.1) is 6.54 Å². The Bertz CT molecular complexity index is 217. The summed E-state index contributed by atoms with van der Waals surface area (Å²) < 4.78 is 35.2. The highest BCUT2D eigenvalue weighted by molar-refractivity contribution is 5.78. The molecule has 82 valence electrons. The highest BCUT2D eigenvalue weighted by Gasteiger charge is 2.29. The van der Waals surface area contributed by atoms with Gasteiger partial charge in [-0.15, -0.1) is 0 Å². The van der Waals surface area contributed by atoms with E-state index in [1.54, 1.807) is 11.9 Å². The van der Waals surface area contributed by atoms with Crippen LogP contribution in [0.4, 0.5) is 13.2 Å². The van der Waals surface area contributed by atoms with Crippen molar-refractivity contribution in [1.29, 1.82) is 0 Å². The van der Waals surface area contributed by atoms with Crippen LogP contribution in [0.2, 0.25) is 0 Å². The van der Waals surface area contributed by atoms with Crippen LogP contribution in [0.15, 0.2) is 0 Å². The van der Waals surface area contributed by atoms with Crippen molar-refractivity contribution in [3.8, 4) is 0 Å². The Balaban J connectivity index is 2.18. The molecule has 0 radical (unpaired) electrons. The van der Waals surface area contributed by atoms with Gasteiger partial charge in [-0.05, 0) is 5.92 Å². The van der Waals surface area contributed by atoms with E-state index in [-0.39, 0.29) is 18.4 Å². The lowest BCUT2D eigenvalue weighted by molar-refractivity contribution is -0.126. The van der Waals surface area contributed by atoms with Crippen LogP contribution >= 0.6 is 0 Å². The SMILES string of the molecule is CN1CC(CNCC(F)(F)F)CC1=O. The number of amides is 1. The molecule has 1 amide bonds. The van der Waals surface area contributed by atoms with Gasteiger partial charge in [0.2, 0.25) is 5.91 Å². The molecule has 14 heavy (non-hydrogen) atoms. The van der Waals surface area contributed by atoms with Crippen LogP contribution in [-0.2, 0) is 4.79 Å². The van der Waals surface area contributed by atoms with Crippen LogP contribution in [0.3, 0.4) is 0 Å². The largest absolute Gasteiger partial charge is 0.401 e. The van der Waals surface area contributed by atoms with Crippen LogP contribution in [0.5, 0.6) is 0 Å². The topological polar surface area (TPSA) is 32.3 Å². The Hall–Kier alpha value is -0.780. The maximum Gasteiger partial charge on any atom is 0.401 e. The Labute approximate surface area is 80.3 Å². The third-order valence-electron chi connectivity index (χ3n) is 2.18. The molecular weight excluding hydrogens is 197 g/mol. The highest BCUT2D eigenvalue weighted by Crippen LogP contribution is 2.16. The zero-order valence-electron chi connectivity index (χ0n) is 7.90. The third kappa shape index (κ3) is 3.53. The van der Waals surface area contributed by atoms with Crippen molar-refractivity contribution in [2.24, 2.45) is 5.92 Å². The normalized spacial score (nSPS) is 23.3. The molecule has 0 aromatic carbocycles. The molecular formula is C8H13F3N2O. The van der Waals surface area contributed by atoms with E-state index in [1.165, 1.54) is 0 Å². The van der Waals surface area contributed by atoms with Gasteiger partial charge in [-0.3, -0.25) is 4.79 Å². The summed E-state index contributed by atoms with van der Waals surface area (Å²) in [5.74, 6) is 0.0126. The molecule has 1 atom stereocenters. The van der Waals surface area contributed by atoms with Gasteiger partial charge in [-0.1, -0.05) is 0 Å². The van der Waals surface area contributed by atoms with Crippen LogP contribution in [-0.4, -0.2) is 43.7 Å². The number of halogens is 3. The zero-order chi connectivity index (χ0) is 10.8. The average molecular weight is 210 g/mol. The fourth-order valence-electron chi connectivity index (χ4n) is 1.51. The first kappa shape index (κ1) is 11.3. The standard InChI is InChI=1S/C8H13F3N2O/c1-13-4-6(2-7(13)14)3-12-5-8(9,10)11/h6,12H,2-5H2,1H3. The first-order valence-electron chi connectivity index (χ1n) is 4.40. The number of alkyl halides is 3. The molecule has 1 rings (SSSR count). The van der Waals surface area contributed by atoms with E-state index in [0.717, 1.165) is 0 Å². The number of hydrogen-bond donors (Lipinski definition) is 1. The predicted octanol–water partition coefficient (Wildman–Crippen LogP) is 0.617. The molecule has 1 heterocycles. The summed E-state index contributed by atoms with van der Waals surface area (Å²) in [6.45, 7) is -0.194. The molecule has 1 unspecified atom stereocenters. The van der Waals surface area contributed by atoms with Crippen molar-refractivity contribution in [1.82, 2.24) is 10.2 Å². The van der Waals surface area contributed by atoms with Crippen molar-refractivity contribution in [2.45, 2.75) is 12.6 Å². The molecule has 0 saturated carbocycles. The number of nitrogens with zero attached hydrogens (tertiary/aromatic N) is 1. The zero-order valence-corrected chi connectivity index (χ0v) is 7.90. The molecule has 6 heteroatoms. The summed E-state index contributed by atoms with van der Waals surface area (Å²) in [4.78, 5) is 12.6. The first-order chi connectivity index (χ1) is 6.38. The van der Waals surface area contributed by atoms with Gasteiger partial charge >= 0.3 is 6.18 Å². The van der Waals surface area contributed by atoms with Crippen molar-refractivity contribution in [2.75, 3.05) is 26.7 Å². The highest BCUT2D eigenvalue weighted by atomic mass is 19.4. The minimum Gasteiger partial charge on any atom is -0.345 e. The Morgan fingerprint density at radius 3 is 2.64 bits per heavy atom. The molecule has 3 nitrogen and oxygen atoms in total. The molecule has 1 saturated heterocycles. The van der Waals surface area contributed by atoms with Crippen LogP contribution in [0.1, 0.15) is 6.42 Å². The van der Waals surface area contributed by atoms with Gasteiger partial charge < -0.3 is 10.2 Å². The lowest BCUT2D eigenvalue weighted by atomic mass is 10.1. The second-order valence-corrected chi connectivity index (χ2v) is 3.59. The average Bonchev–Trinajstić information content (AvgIpc) is 2.28. The molecule has 0 bridgehead atoms. The van der Waals surface area contributed by atoms with E-state index in [9.17, 15) is 18.0 Å². The fourth-order valence-corrected chi connectivity index (χ4v) is 1.51. The van der Waals surface area contributed by atoms with E-state index in [0.29, 0.717) is 13.0 Å². The number of rotatable bonds is 3. The molecule has 1 aliphatic heterocycles. The summed E-state index contributed by atoms with van der Waals surface area (Å²) in [6, 6.07) is 0. The van der Waals surface area contributed by atoms with E-state index in [2.05, 4.69) is 5.32 Å². The molecule has 1 aliphatic rings. The molecule has 0 aromatic heterocycles. The van der Waals surface area contributed by atoms with Crippen molar-refractivity contribution in [3.63, 3.8) is 0 Å². The van der Waals surface area contributed by atoms with E-state index >= 15 is 0 Å². The van der Waals surface area contributed by atoms with Crippen LogP contribution in [0, 0.1) is 5.92 Å². The number of hydrogen-bond acceptors (Lipinski definition) is 2. The quantitative estimate of drug-likeness (QED) is 0.740. The lowest BCUT2D eigenvalue weighted by Gasteiger charge is -2.12. The number of nitrogens with one attached hydrogen (secondary N) is 1. The number of carbonyl (C=O) groups is 1. The Morgan fingerprint density at radius 1 is 1.57 bits per heavy atom. The van der Waals surface area contributed by atoms with Crippen molar-refractivity contribution < 1.29 is 18.0 Å². The summed E-state index contributed by atoms with van der Waals surface area (Å²) in [5.41, 5.74) is 0. The Kier molecular flexibility index (Phi) is 3.36. The molecule has 1 N–H and O–H groups in total. The fraction of sp³-hybridized carbons (Fsp3) is 0.875. The van der Waals surface area contributed by atoms with Gasteiger partial charge in [-0.2, -0.15) is 13.2 Å². The molecule has 0 aromatic rings. The van der Waals surface area contributed by atoms with Crippen molar-refractivity contribution in [3.05, 3.63) is 0 Å². The molecule has 0 aliphatic carbocycles. The summed E-state index contributed by atoms with van der Waals surface area (Å²) in [7, 11) is 1.66. The van der Waals surface area contributed by atoms with Crippen molar-refractivity contribution >= 4 is 5.91 Å². The first-order valence-corrected chi connectivity index (χ1v) is 4.40. The lowest BCUT2D eigenvalue weighted by Crippen LogP contribution is -2.33. The molecule has 1 fully saturated rings. The van der Waals surface area contributed by atoms with Gasteiger partial charge in [-0.25, -0.2) is 0 Å². The predicted molar refractivity (Wildman–Crippen MR) is 44.7 cm³/mol. The number of carbonyl (C=O) groups excluding carboxylic acids is 1. The van der Waals surface area contributed by atoms with Crippen LogP contribution in [0.25, 0.3) is 0 Å². The van der Waals surface area contributed by atoms with Gasteiger partial charge in [0.25, 0.3) is 0 Å². The maximum absolute atomic E-state index is 11.7. The molecule has 0 spiro atoms.